The molecular weight excluding hydrogens is 400 g/mol. The lowest BCUT2D eigenvalue weighted by Crippen LogP contribution is -2.44. The Bertz CT molecular complexity index is 1040. The molecule has 6 nitrogen and oxygen atoms in total. The molecule has 1 atom stereocenters. The van der Waals surface area contributed by atoms with E-state index < -0.39 is 0 Å². The highest BCUT2D eigenvalue weighted by Crippen LogP contribution is 2.49. The van der Waals surface area contributed by atoms with Crippen LogP contribution in [0.5, 0.6) is 0 Å². The maximum Gasteiger partial charge on any atom is 0.227 e. The van der Waals surface area contributed by atoms with E-state index in [1.165, 1.54) is 5.56 Å². The van der Waals surface area contributed by atoms with Crippen LogP contribution < -0.4 is 0 Å². The largest absolute Gasteiger partial charge is 0.425 e. The van der Waals surface area contributed by atoms with Gasteiger partial charge in [0.1, 0.15) is 0 Å². The van der Waals surface area contributed by atoms with Crippen LogP contribution in [-0.4, -0.2) is 52.1 Å². The van der Waals surface area contributed by atoms with Crippen LogP contribution in [0.2, 0.25) is 0 Å². The van der Waals surface area contributed by atoms with Crippen LogP contribution in [0.3, 0.4) is 0 Å². The predicted octanol–water partition coefficient (Wildman–Crippen LogP) is 3.83. The summed E-state index contributed by atoms with van der Waals surface area (Å²) < 4.78 is 5.89. The number of hydrogen-bond donors (Lipinski definition) is 0. The molecule has 3 heterocycles. The van der Waals surface area contributed by atoms with Gasteiger partial charge >= 0.3 is 0 Å². The summed E-state index contributed by atoms with van der Waals surface area (Å²) in [6.45, 7) is 6.26. The number of benzene rings is 2. The van der Waals surface area contributed by atoms with Crippen molar-refractivity contribution >= 4 is 5.91 Å². The van der Waals surface area contributed by atoms with Crippen molar-refractivity contribution in [2.75, 3.05) is 26.2 Å². The molecule has 1 aromatic heterocycles. The SMILES string of the molecule is Cc1nnc(C2CN(C(=O)Cc3ccccc3)CC23CCN(Cc2ccccc2)CC3)o1. The molecule has 2 aromatic carbocycles. The van der Waals surface area contributed by atoms with Crippen molar-refractivity contribution in [3.05, 3.63) is 83.6 Å². The number of carbonyl (C=O) groups excluding carboxylic acids is 1. The summed E-state index contributed by atoms with van der Waals surface area (Å²) in [6.07, 6.45) is 2.49. The van der Waals surface area contributed by atoms with E-state index in [1.807, 2.05) is 42.2 Å². The summed E-state index contributed by atoms with van der Waals surface area (Å²) in [5.41, 5.74) is 2.40. The highest BCUT2D eigenvalue weighted by molar-refractivity contribution is 5.79. The van der Waals surface area contributed by atoms with Crippen LogP contribution in [0.1, 0.15) is 41.7 Å². The predicted molar refractivity (Wildman–Crippen MR) is 122 cm³/mol. The van der Waals surface area contributed by atoms with Gasteiger partial charge in [-0.1, -0.05) is 60.7 Å². The lowest BCUT2D eigenvalue weighted by molar-refractivity contribution is -0.130. The zero-order chi connectivity index (χ0) is 22.0. The molecule has 2 aliphatic rings. The Labute approximate surface area is 189 Å². The van der Waals surface area contributed by atoms with Crippen molar-refractivity contribution < 1.29 is 9.21 Å². The van der Waals surface area contributed by atoms with Crippen molar-refractivity contribution in [3.63, 3.8) is 0 Å². The van der Waals surface area contributed by atoms with E-state index in [0.29, 0.717) is 24.7 Å². The van der Waals surface area contributed by atoms with Gasteiger partial charge in [-0.05, 0) is 37.1 Å². The number of likely N-dealkylation sites (tertiary alicyclic amines) is 2. The maximum absolute atomic E-state index is 13.2. The summed E-state index contributed by atoms with van der Waals surface area (Å²) in [6, 6.07) is 20.6. The first-order valence-corrected chi connectivity index (χ1v) is 11.5. The van der Waals surface area contributed by atoms with Gasteiger partial charge in [-0.15, -0.1) is 10.2 Å². The minimum absolute atomic E-state index is 0.00148. The van der Waals surface area contributed by atoms with E-state index in [0.717, 1.165) is 44.6 Å². The number of hydrogen-bond acceptors (Lipinski definition) is 5. The number of nitrogens with zero attached hydrogens (tertiary/aromatic N) is 4. The van der Waals surface area contributed by atoms with Gasteiger partial charge in [0.05, 0.1) is 12.3 Å². The fraction of sp³-hybridized carbons (Fsp3) is 0.423. The maximum atomic E-state index is 13.2. The van der Waals surface area contributed by atoms with Gasteiger partial charge in [-0.2, -0.15) is 0 Å². The Morgan fingerprint density at radius 1 is 1.00 bits per heavy atom. The molecule has 1 unspecified atom stereocenters. The minimum Gasteiger partial charge on any atom is -0.425 e. The molecule has 0 radical (unpaired) electrons. The molecule has 2 saturated heterocycles. The van der Waals surface area contributed by atoms with Gasteiger partial charge in [0, 0.05) is 32.0 Å². The molecule has 32 heavy (non-hydrogen) atoms. The fourth-order valence-electron chi connectivity index (χ4n) is 5.34. The average molecular weight is 431 g/mol. The van der Waals surface area contributed by atoms with Crippen molar-refractivity contribution in [1.29, 1.82) is 0 Å². The summed E-state index contributed by atoms with van der Waals surface area (Å²) in [5, 5.41) is 8.46. The summed E-state index contributed by atoms with van der Waals surface area (Å²) in [4.78, 5) is 17.7. The second-order valence-corrected chi connectivity index (χ2v) is 9.27. The molecule has 1 amide bonds. The third-order valence-corrected chi connectivity index (χ3v) is 7.14. The van der Waals surface area contributed by atoms with Crippen LogP contribution >= 0.6 is 0 Å². The zero-order valence-electron chi connectivity index (χ0n) is 18.6. The summed E-state index contributed by atoms with van der Waals surface area (Å²) in [5.74, 6) is 1.56. The van der Waals surface area contributed by atoms with E-state index in [4.69, 9.17) is 4.42 Å². The first-order chi connectivity index (χ1) is 15.6. The first-order valence-electron chi connectivity index (χ1n) is 11.5. The van der Waals surface area contributed by atoms with Gasteiger partial charge in [0.25, 0.3) is 0 Å². The lowest BCUT2D eigenvalue weighted by atomic mass is 9.70. The molecule has 1 spiro atoms. The number of carbonyl (C=O) groups is 1. The van der Waals surface area contributed by atoms with E-state index in [2.05, 4.69) is 45.4 Å². The van der Waals surface area contributed by atoms with E-state index >= 15 is 0 Å². The lowest BCUT2D eigenvalue weighted by Gasteiger charge is -2.41. The molecule has 3 aromatic rings. The molecule has 0 bridgehead atoms. The van der Waals surface area contributed by atoms with Gasteiger partial charge in [0.15, 0.2) is 0 Å². The van der Waals surface area contributed by atoms with Crippen LogP contribution in [0.15, 0.2) is 65.1 Å². The smallest absolute Gasteiger partial charge is 0.227 e. The van der Waals surface area contributed by atoms with E-state index in [-0.39, 0.29) is 17.2 Å². The van der Waals surface area contributed by atoms with Crippen LogP contribution in [0.4, 0.5) is 0 Å². The summed E-state index contributed by atoms with van der Waals surface area (Å²) in [7, 11) is 0. The molecule has 0 saturated carbocycles. The quantitative estimate of drug-likeness (QED) is 0.616. The Balaban J connectivity index is 1.32. The third-order valence-electron chi connectivity index (χ3n) is 7.14. The highest BCUT2D eigenvalue weighted by atomic mass is 16.4. The molecule has 6 heteroatoms. The molecule has 0 aliphatic carbocycles. The highest BCUT2D eigenvalue weighted by Gasteiger charge is 2.51. The Morgan fingerprint density at radius 3 is 2.28 bits per heavy atom. The Hall–Kier alpha value is -2.99. The minimum atomic E-state index is -0.00148. The monoisotopic (exact) mass is 430 g/mol. The Kier molecular flexibility index (Phi) is 5.79. The second-order valence-electron chi connectivity index (χ2n) is 9.27. The number of piperidine rings is 1. The second kappa shape index (κ2) is 8.87. The topological polar surface area (TPSA) is 62.5 Å². The van der Waals surface area contributed by atoms with Gasteiger partial charge in [-0.25, -0.2) is 0 Å². The molecular formula is C26H30N4O2. The van der Waals surface area contributed by atoms with Crippen LogP contribution in [0.25, 0.3) is 0 Å². The van der Waals surface area contributed by atoms with Gasteiger partial charge < -0.3 is 9.32 Å². The molecule has 5 rings (SSSR count). The van der Waals surface area contributed by atoms with Crippen molar-refractivity contribution in [1.82, 2.24) is 20.0 Å². The molecule has 2 fully saturated rings. The van der Waals surface area contributed by atoms with Crippen LogP contribution in [0, 0.1) is 12.3 Å². The Morgan fingerprint density at radius 2 is 1.66 bits per heavy atom. The van der Waals surface area contributed by atoms with Crippen molar-refractivity contribution in [2.45, 2.75) is 38.6 Å². The van der Waals surface area contributed by atoms with Gasteiger partial charge in [0.2, 0.25) is 17.7 Å². The van der Waals surface area contributed by atoms with E-state index in [1.54, 1.807) is 0 Å². The number of rotatable bonds is 5. The molecule has 166 valence electrons. The molecule has 2 aliphatic heterocycles. The van der Waals surface area contributed by atoms with Crippen LogP contribution in [-0.2, 0) is 17.8 Å². The molecule has 0 N–H and O–H groups in total. The normalized spacial score (nSPS) is 20.7. The fourth-order valence-corrected chi connectivity index (χ4v) is 5.34. The van der Waals surface area contributed by atoms with Crippen molar-refractivity contribution in [2.24, 2.45) is 5.41 Å². The number of aryl methyl sites for hydroxylation is 1. The standard InChI is InChI=1S/C26H30N4O2/c1-20-27-28-25(32-20)23-18-30(24(31)16-21-8-4-2-5-9-21)19-26(23)12-14-29(15-13-26)17-22-10-6-3-7-11-22/h2-11,23H,12-19H2,1H3. The average Bonchev–Trinajstić information content (AvgIpc) is 3.41. The van der Waals surface area contributed by atoms with Crippen molar-refractivity contribution in [3.8, 4) is 0 Å². The van der Waals surface area contributed by atoms with Gasteiger partial charge in [-0.3, -0.25) is 9.69 Å². The van der Waals surface area contributed by atoms with E-state index in [9.17, 15) is 4.79 Å². The first kappa shape index (κ1) is 20.9. The summed E-state index contributed by atoms with van der Waals surface area (Å²) >= 11 is 0. The third kappa shape index (κ3) is 4.32. The number of aromatic nitrogens is 2. The number of amides is 1. The zero-order valence-corrected chi connectivity index (χ0v) is 18.6.